The zero-order chi connectivity index (χ0) is 16.0. The maximum atomic E-state index is 12.1. The Labute approximate surface area is 140 Å². The molecule has 0 saturated carbocycles. The highest BCUT2D eigenvalue weighted by Gasteiger charge is 2.33. The van der Waals surface area contributed by atoms with Gasteiger partial charge in [-0.2, -0.15) is 8.78 Å². The minimum absolute atomic E-state index is 0. The molecule has 2 rings (SSSR count). The van der Waals surface area contributed by atoms with Crippen molar-refractivity contribution in [2.24, 2.45) is 0 Å². The molecule has 1 amide bonds. The Morgan fingerprint density at radius 1 is 1.39 bits per heavy atom. The van der Waals surface area contributed by atoms with Gasteiger partial charge in [-0.15, -0.1) is 12.4 Å². The van der Waals surface area contributed by atoms with Crippen LogP contribution in [0, 0.1) is 0 Å². The Morgan fingerprint density at radius 3 is 2.61 bits per heavy atom. The second-order valence-electron chi connectivity index (χ2n) is 5.33. The fraction of sp³-hybridized carbons (Fsp3) is 0.533. The van der Waals surface area contributed by atoms with E-state index >= 15 is 0 Å². The lowest BCUT2D eigenvalue weighted by Crippen LogP contribution is -2.52. The molecule has 0 aliphatic carbocycles. The minimum Gasteiger partial charge on any atom is -0.435 e. The van der Waals surface area contributed by atoms with Gasteiger partial charge in [0.25, 0.3) is 5.91 Å². The molecule has 0 radical (unpaired) electrons. The van der Waals surface area contributed by atoms with Gasteiger partial charge in [0.15, 0.2) is 0 Å². The average Bonchev–Trinajstić information content (AvgIpc) is 2.94. The van der Waals surface area contributed by atoms with Gasteiger partial charge in [-0.25, -0.2) is 0 Å². The zero-order valence-electron chi connectivity index (χ0n) is 12.8. The normalized spacial score (nSPS) is 20.2. The number of alkyl halides is 2. The molecule has 1 aromatic rings. The van der Waals surface area contributed by atoms with E-state index in [2.05, 4.69) is 15.4 Å². The molecule has 0 spiro atoms. The second kappa shape index (κ2) is 9.00. The molecule has 2 N–H and O–H groups in total. The first-order valence-electron chi connectivity index (χ1n) is 7.12. The van der Waals surface area contributed by atoms with Crippen LogP contribution in [0.3, 0.4) is 0 Å². The van der Waals surface area contributed by atoms with Gasteiger partial charge in [0, 0.05) is 19.2 Å². The summed E-state index contributed by atoms with van der Waals surface area (Å²) < 4.78 is 33.6. The number of ether oxygens (including phenoxy) is 2. The van der Waals surface area contributed by atoms with Crippen molar-refractivity contribution in [1.29, 1.82) is 0 Å². The first-order valence-corrected chi connectivity index (χ1v) is 7.12. The van der Waals surface area contributed by atoms with Gasteiger partial charge in [0.1, 0.15) is 5.75 Å². The molecule has 1 aromatic carbocycles. The fourth-order valence-corrected chi connectivity index (χ4v) is 2.61. The quantitative estimate of drug-likeness (QED) is 0.791. The maximum Gasteiger partial charge on any atom is 0.387 e. The maximum absolute atomic E-state index is 12.1. The fourth-order valence-electron chi connectivity index (χ4n) is 2.61. The largest absolute Gasteiger partial charge is 0.435 e. The predicted molar refractivity (Wildman–Crippen MR) is 84.5 cm³/mol. The number of benzene rings is 1. The molecule has 5 nitrogen and oxygen atoms in total. The van der Waals surface area contributed by atoms with Crippen molar-refractivity contribution >= 4 is 18.3 Å². The SMILES string of the molecule is COCC1(CNC(=O)c2ccc(OC(F)F)cc2)CCCN1.Cl. The minimum atomic E-state index is -2.87. The number of carbonyl (C=O) groups is 1. The van der Waals surface area contributed by atoms with Crippen LogP contribution in [-0.2, 0) is 4.74 Å². The van der Waals surface area contributed by atoms with Crippen LogP contribution in [0.4, 0.5) is 8.78 Å². The van der Waals surface area contributed by atoms with Crippen LogP contribution in [0.1, 0.15) is 23.2 Å². The Balaban J connectivity index is 0.00000264. The first-order chi connectivity index (χ1) is 10.5. The Hall–Kier alpha value is -1.44. The number of nitrogens with one attached hydrogen (secondary N) is 2. The molecule has 1 atom stereocenters. The van der Waals surface area contributed by atoms with E-state index < -0.39 is 6.61 Å². The van der Waals surface area contributed by atoms with Crippen LogP contribution in [0.2, 0.25) is 0 Å². The Bertz CT molecular complexity index is 494. The van der Waals surface area contributed by atoms with Gasteiger partial charge < -0.3 is 20.1 Å². The number of methoxy groups -OCH3 is 1. The van der Waals surface area contributed by atoms with Crippen LogP contribution >= 0.6 is 12.4 Å². The standard InChI is InChI=1S/C15H20F2N2O3.ClH/c1-21-10-15(7-2-8-19-15)9-18-13(20)11-3-5-12(6-4-11)22-14(16)17;/h3-6,14,19H,2,7-10H2,1H3,(H,18,20);1H. The lowest BCUT2D eigenvalue weighted by Gasteiger charge is -2.28. The molecule has 1 heterocycles. The van der Waals surface area contributed by atoms with Crippen molar-refractivity contribution in [1.82, 2.24) is 10.6 Å². The van der Waals surface area contributed by atoms with E-state index in [1.807, 2.05) is 0 Å². The predicted octanol–water partition coefficient (Wildman–Crippen LogP) is 2.21. The van der Waals surface area contributed by atoms with E-state index in [0.717, 1.165) is 19.4 Å². The van der Waals surface area contributed by atoms with Crippen LogP contribution < -0.4 is 15.4 Å². The van der Waals surface area contributed by atoms with Crippen molar-refractivity contribution in [3.8, 4) is 5.75 Å². The van der Waals surface area contributed by atoms with E-state index in [4.69, 9.17) is 4.74 Å². The van der Waals surface area contributed by atoms with E-state index in [-0.39, 0.29) is 29.6 Å². The van der Waals surface area contributed by atoms with E-state index in [1.165, 1.54) is 24.3 Å². The summed E-state index contributed by atoms with van der Waals surface area (Å²) in [6.07, 6.45) is 1.97. The molecular weight excluding hydrogens is 330 g/mol. The molecule has 0 aromatic heterocycles. The highest BCUT2D eigenvalue weighted by Crippen LogP contribution is 2.19. The van der Waals surface area contributed by atoms with Crippen LogP contribution in [0.25, 0.3) is 0 Å². The number of amides is 1. The highest BCUT2D eigenvalue weighted by atomic mass is 35.5. The van der Waals surface area contributed by atoms with Gasteiger partial charge >= 0.3 is 6.61 Å². The summed E-state index contributed by atoms with van der Waals surface area (Å²) in [5.41, 5.74) is 0.163. The third-order valence-electron chi connectivity index (χ3n) is 3.68. The topological polar surface area (TPSA) is 59.6 Å². The summed E-state index contributed by atoms with van der Waals surface area (Å²) >= 11 is 0. The number of hydrogen-bond donors (Lipinski definition) is 2. The summed E-state index contributed by atoms with van der Waals surface area (Å²) in [5.74, 6) is -0.229. The molecule has 1 saturated heterocycles. The molecular formula is C15H21ClF2N2O3. The average molecular weight is 351 g/mol. The van der Waals surface area contributed by atoms with Gasteiger partial charge in [-0.05, 0) is 43.7 Å². The van der Waals surface area contributed by atoms with Crippen molar-refractivity contribution in [3.63, 3.8) is 0 Å². The second-order valence-corrected chi connectivity index (χ2v) is 5.33. The molecule has 8 heteroatoms. The number of rotatable bonds is 7. The molecule has 1 unspecified atom stereocenters. The van der Waals surface area contributed by atoms with Gasteiger partial charge in [0.2, 0.25) is 0 Å². The summed E-state index contributed by atoms with van der Waals surface area (Å²) in [6, 6.07) is 5.61. The molecule has 1 aliphatic heterocycles. The van der Waals surface area contributed by atoms with Crippen LogP contribution in [0.15, 0.2) is 24.3 Å². The van der Waals surface area contributed by atoms with Crippen molar-refractivity contribution in [2.75, 3.05) is 26.8 Å². The van der Waals surface area contributed by atoms with Crippen molar-refractivity contribution < 1.29 is 23.0 Å². The third-order valence-corrected chi connectivity index (χ3v) is 3.68. The molecule has 1 aliphatic rings. The van der Waals surface area contributed by atoms with Crippen molar-refractivity contribution in [2.45, 2.75) is 25.0 Å². The lowest BCUT2D eigenvalue weighted by molar-refractivity contribution is -0.0498. The Kier molecular flexibility index (Phi) is 7.67. The molecule has 130 valence electrons. The molecule has 23 heavy (non-hydrogen) atoms. The Morgan fingerprint density at radius 2 is 2.09 bits per heavy atom. The highest BCUT2D eigenvalue weighted by molar-refractivity contribution is 5.94. The van der Waals surface area contributed by atoms with Gasteiger partial charge in [-0.3, -0.25) is 4.79 Å². The summed E-state index contributed by atoms with van der Waals surface area (Å²) in [6.45, 7) is -0.996. The summed E-state index contributed by atoms with van der Waals surface area (Å²) in [5, 5.41) is 6.22. The third kappa shape index (κ3) is 5.60. The first kappa shape index (κ1) is 19.6. The molecule has 0 bridgehead atoms. The number of hydrogen-bond acceptors (Lipinski definition) is 4. The summed E-state index contributed by atoms with van der Waals surface area (Å²) in [4.78, 5) is 12.1. The van der Waals surface area contributed by atoms with E-state index in [0.29, 0.717) is 18.7 Å². The van der Waals surface area contributed by atoms with Crippen molar-refractivity contribution in [3.05, 3.63) is 29.8 Å². The lowest BCUT2D eigenvalue weighted by atomic mass is 9.98. The summed E-state index contributed by atoms with van der Waals surface area (Å²) in [7, 11) is 1.63. The zero-order valence-corrected chi connectivity index (χ0v) is 13.6. The number of halogens is 3. The van der Waals surface area contributed by atoms with Crippen LogP contribution in [0.5, 0.6) is 5.75 Å². The van der Waals surface area contributed by atoms with Gasteiger partial charge in [0.05, 0.1) is 12.1 Å². The van der Waals surface area contributed by atoms with Crippen LogP contribution in [-0.4, -0.2) is 44.9 Å². The van der Waals surface area contributed by atoms with Gasteiger partial charge in [-0.1, -0.05) is 0 Å². The molecule has 1 fully saturated rings. The smallest absolute Gasteiger partial charge is 0.387 e. The van der Waals surface area contributed by atoms with E-state index in [1.54, 1.807) is 7.11 Å². The number of carbonyl (C=O) groups excluding carboxylic acids is 1. The van der Waals surface area contributed by atoms with E-state index in [9.17, 15) is 13.6 Å². The monoisotopic (exact) mass is 350 g/mol.